The van der Waals surface area contributed by atoms with Gasteiger partial charge in [-0.05, 0) is 31.5 Å². The van der Waals surface area contributed by atoms with E-state index in [1.165, 1.54) is 30.0 Å². The number of amides is 1. The first-order valence-electron chi connectivity index (χ1n) is 7.66. The van der Waals surface area contributed by atoms with Gasteiger partial charge in [-0.2, -0.15) is 0 Å². The number of hydrogen-bond acceptors (Lipinski definition) is 7. The van der Waals surface area contributed by atoms with E-state index in [0.29, 0.717) is 20.9 Å². The van der Waals surface area contributed by atoms with Crippen LogP contribution in [0.25, 0.3) is 0 Å². The largest absolute Gasteiger partial charge is 0.299 e. The molecule has 2 rings (SSSR count). The van der Waals surface area contributed by atoms with E-state index in [1.807, 2.05) is 13.0 Å². The third-order valence-corrected chi connectivity index (χ3v) is 6.52. The number of rotatable bonds is 8. The van der Waals surface area contributed by atoms with E-state index in [2.05, 4.69) is 22.1 Å². The summed E-state index contributed by atoms with van der Waals surface area (Å²) in [5.74, 6) is 0.210. The molecular formula is C16H20N4O3S3. The highest BCUT2D eigenvalue weighted by molar-refractivity contribution is 8.01. The van der Waals surface area contributed by atoms with Gasteiger partial charge in [-0.3, -0.25) is 14.4 Å². The van der Waals surface area contributed by atoms with Crippen molar-refractivity contribution in [3.05, 3.63) is 42.5 Å². The second-order valence-electron chi connectivity index (χ2n) is 5.54. The van der Waals surface area contributed by atoms with Crippen LogP contribution in [-0.4, -0.2) is 42.6 Å². The first-order chi connectivity index (χ1) is 12.2. The molecule has 1 N–H and O–H groups in total. The van der Waals surface area contributed by atoms with E-state index < -0.39 is 22.0 Å². The molecule has 0 spiro atoms. The second-order valence-corrected chi connectivity index (χ2v) is 9.64. The predicted octanol–water partition coefficient (Wildman–Crippen LogP) is 2.92. The minimum absolute atomic E-state index is 0.325. The van der Waals surface area contributed by atoms with Gasteiger partial charge in [-0.25, -0.2) is 8.42 Å². The molecule has 0 aliphatic carbocycles. The lowest BCUT2D eigenvalue weighted by atomic mass is 10.2. The summed E-state index contributed by atoms with van der Waals surface area (Å²) in [6.45, 7) is 7.03. The van der Waals surface area contributed by atoms with Gasteiger partial charge in [0.2, 0.25) is 21.1 Å². The van der Waals surface area contributed by atoms with Crippen LogP contribution in [0.15, 0.2) is 41.3 Å². The molecule has 1 atom stereocenters. The van der Waals surface area contributed by atoms with Crippen LogP contribution >= 0.6 is 23.1 Å². The molecule has 2 aromatic rings. The Morgan fingerprint density at radius 2 is 2.19 bits per heavy atom. The van der Waals surface area contributed by atoms with Crippen molar-refractivity contribution >= 4 is 49.8 Å². The van der Waals surface area contributed by atoms with Crippen LogP contribution in [0, 0.1) is 6.92 Å². The van der Waals surface area contributed by atoms with Crippen molar-refractivity contribution in [1.29, 1.82) is 0 Å². The highest BCUT2D eigenvalue weighted by Gasteiger charge is 2.29. The first kappa shape index (κ1) is 20.4. The quantitative estimate of drug-likeness (QED) is 0.407. The van der Waals surface area contributed by atoms with Crippen molar-refractivity contribution in [1.82, 2.24) is 10.2 Å². The molecule has 0 aliphatic rings. The summed E-state index contributed by atoms with van der Waals surface area (Å²) in [5, 5.41) is 10.8. The zero-order valence-corrected chi connectivity index (χ0v) is 17.1. The molecule has 0 fully saturated rings. The van der Waals surface area contributed by atoms with Crippen LogP contribution < -0.4 is 9.62 Å². The fourth-order valence-electron chi connectivity index (χ4n) is 2.23. The molecule has 0 aliphatic heterocycles. The van der Waals surface area contributed by atoms with Crippen molar-refractivity contribution < 1.29 is 13.2 Å². The standard InChI is InChI=1S/C16H20N4O3S3/c1-5-9-24-16-19-18-15(25-16)17-14(21)12(3)20(26(4,22)23)13-8-6-7-11(2)10-13/h5-8,10,12H,1,9H2,2-4H3,(H,17,18,21)/t12-/m1/s1. The van der Waals surface area contributed by atoms with Crippen LogP contribution in [0.2, 0.25) is 0 Å². The molecule has 7 nitrogen and oxygen atoms in total. The number of thioether (sulfide) groups is 1. The minimum Gasteiger partial charge on any atom is -0.299 e. The highest BCUT2D eigenvalue weighted by Crippen LogP contribution is 2.26. The van der Waals surface area contributed by atoms with Gasteiger partial charge in [-0.1, -0.05) is 41.3 Å². The fourth-order valence-corrected chi connectivity index (χ4v) is 4.92. The van der Waals surface area contributed by atoms with Crippen LogP contribution in [-0.2, 0) is 14.8 Å². The molecular weight excluding hydrogens is 392 g/mol. The highest BCUT2D eigenvalue weighted by atomic mass is 32.2. The van der Waals surface area contributed by atoms with E-state index in [-0.39, 0.29) is 0 Å². The Morgan fingerprint density at radius 1 is 1.46 bits per heavy atom. The monoisotopic (exact) mass is 412 g/mol. The zero-order chi connectivity index (χ0) is 19.3. The number of aryl methyl sites for hydroxylation is 1. The number of carbonyl (C=O) groups excluding carboxylic acids is 1. The Balaban J connectivity index is 2.20. The van der Waals surface area contributed by atoms with E-state index in [9.17, 15) is 13.2 Å². The number of nitrogens with zero attached hydrogens (tertiary/aromatic N) is 3. The van der Waals surface area contributed by atoms with Gasteiger partial charge in [0, 0.05) is 5.75 Å². The lowest BCUT2D eigenvalue weighted by molar-refractivity contribution is -0.116. The van der Waals surface area contributed by atoms with Gasteiger partial charge in [-0.15, -0.1) is 16.8 Å². The minimum atomic E-state index is -3.65. The Kier molecular flexibility index (Phi) is 6.79. The van der Waals surface area contributed by atoms with Crippen molar-refractivity contribution in [2.24, 2.45) is 0 Å². The lowest BCUT2D eigenvalue weighted by Gasteiger charge is -2.28. The molecule has 10 heteroatoms. The van der Waals surface area contributed by atoms with Gasteiger partial charge >= 0.3 is 0 Å². The molecule has 0 saturated carbocycles. The van der Waals surface area contributed by atoms with Gasteiger partial charge < -0.3 is 0 Å². The predicted molar refractivity (Wildman–Crippen MR) is 107 cm³/mol. The molecule has 0 saturated heterocycles. The number of nitrogens with one attached hydrogen (secondary N) is 1. The first-order valence-corrected chi connectivity index (χ1v) is 11.3. The van der Waals surface area contributed by atoms with Crippen molar-refractivity contribution in [3.63, 3.8) is 0 Å². The number of benzene rings is 1. The van der Waals surface area contributed by atoms with Crippen LogP contribution in [0.4, 0.5) is 10.8 Å². The Hall–Kier alpha value is -1.91. The van der Waals surface area contributed by atoms with Crippen LogP contribution in [0.1, 0.15) is 12.5 Å². The van der Waals surface area contributed by atoms with E-state index in [4.69, 9.17) is 0 Å². The Bertz CT molecular complexity index is 896. The summed E-state index contributed by atoms with van der Waals surface area (Å²) in [7, 11) is -3.65. The van der Waals surface area contributed by atoms with Crippen LogP contribution in [0.5, 0.6) is 0 Å². The second kappa shape index (κ2) is 8.65. The summed E-state index contributed by atoms with van der Waals surface area (Å²) in [4.78, 5) is 12.6. The molecule has 1 amide bonds. The van der Waals surface area contributed by atoms with E-state index in [0.717, 1.165) is 16.1 Å². The molecule has 1 aromatic carbocycles. The molecule has 140 valence electrons. The lowest BCUT2D eigenvalue weighted by Crippen LogP contribution is -2.45. The number of sulfonamides is 1. The summed E-state index contributed by atoms with van der Waals surface area (Å²) in [5.41, 5.74) is 1.34. The summed E-state index contributed by atoms with van der Waals surface area (Å²) >= 11 is 2.68. The smallest absolute Gasteiger partial charge is 0.249 e. The maximum absolute atomic E-state index is 12.6. The molecule has 0 unspecified atom stereocenters. The number of aromatic nitrogens is 2. The maximum atomic E-state index is 12.6. The van der Waals surface area contributed by atoms with Crippen LogP contribution in [0.3, 0.4) is 0 Å². The van der Waals surface area contributed by atoms with Gasteiger partial charge in [0.1, 0.15) is 6.04 Å². The average molecular weight is 413 g/mol. The molecule has 1 aromatic heterocycles. The topological polar surface area (TPSA) is 92.3 Å². The fraction of sp³-hybridized carbons (Fsp3) is 0.312. The summed E-state index contributed by atoms with van der Waals surface area (Å²) in [6.07, 6.45) is 2.83. The average Bonchev–Trinajstić information content (AvgIpc) is 2.99. The van der Waals surface area contributed by atoms with Gasteiger partial charge in [0.25, 0.3) is 0 Å². The van der Waals surface area contributed by atoms with Gasteiger partial charge in [0.15, 0.2) is 4.34 Å². The van der Waals surface area contributed by atoms with E-state index >= 15 is 0 Å². The third-order valence-electron chi connectivity index (χ3n) is 3.31. The molecule has 0 radical (unpaired) electrons. The number of carbonyl (C=O) groups is 1. The molecule has 1 heterocycles. The Morgan fingerprint density at radius 3 is 2.81 bits per heavy atom. The maximum Gasteiger partial charge on any atom is 0.249 e. The zero-order valence-electron chi connectivity index (χ0n) is 14.7. The van der Waals surface area contributed by atoms with E-state index in [1.54, 1.807) is 24.3 Å². The number of hydrogen-bond donors (Lipinski definition) is 1. The van der Waals surface area contributed by atoms with Crippen molar-refractivity contribution in [2.75, 3.05) is 21.6 Å². The SMILES string of the molecule is C=CCSc1nnc(NC(=O)[C@@H](C)N(c2cccc(C)c2)S(C)(=O)=O)s1. The van der Waals surface area contributed by atoms with Gasteiger partial charge in [0.05, 0.1) is 11.9 Å². The van der Waals surface area contributed by atoms with Crippen molar-refractivity contribution in [3.8, 4) is 0 Å². The normalized spacial score (nSPS) is 12.4. The molecule has 0 bridgehead atoms. The number of anilines is 2. The van der Waals surface area contributed by atoms with Crippen molar-refractivity contribution in [2.45, 2.75) is 24.2 Å². The molecule has 26 heavy (non-hydrogen) atoms. The summed E-state index contributed by atoms with van der Waals surface area (Å²) in [6, 6.07) is 6.05. The third kappa shape index (κ3) is 5.29. The summed E-state index contributed by atoms with van der Waals surface area (Å²) < 4.78 is 26.3. The Labute approximate surface area is 161 Å².